The zero-order valence-electron chi connectivity index (χ0n) is 15.0. The molecule has 1 aromatic heterocycles. The molecule has 140 valence electrons. The van der Waals surface area contributed by atoms with Crippen LogP contribution in [0.3, 0.4) is 0 Å². The highest BCUT2D eigenvalue weighted by atomic mass is 35.5. The number of carbonyl (C=O) groups is 1. The van der Waals surface area contributed by atoms with Gasteiger partial charge in [-0.2, -0.15) is 0 Å². The molecule has 0 aliphatic carbocycles. The summed E-state index contributed by atoms with van der Waals surface area (Å²) in [6.07, 6.45) is 3.43. The molecule has 4 rings (SSSR count). The van der Waals surface area contributed by atoms with Gasteiger partial charge in [0.1, 0.15) is 17.7 Å². The average molecular weight is 387 g/mol. The molecule has 1 saturated heterocycles. The summed E-state index contributed by atoms with van der Waals surface area (Å²) in [5.74, 6) is 0.319. The number of benzene rings is 2. The number of halogens is 2. The molecule has 0 bridgehead atoms. The molecule has 0 radical (unpaired) electrons. The Morgan fingerprint density at radius 3 is 2.56 bits per heavy atom. The van der Waals surface area contributed by atoms with E-state index in [0.29, 0.717) is 29.4 Å². The molecule has 2 heterocycles. The number of fused-ring (bicyclic) bond motifs is 1. The van der Waals surface area contributed by atoms with Gasteiger partial charge < -0.3 is 14.2 Å². The van der Waals surface area contributed by atoms with E-state index in [0.717, 1.165) is 23.7 Å². The maximum atomic E-state index is 13.0. The molecule has 1 fully saturated rings. The van der Waals surface area contributed by atoms with Crippen molar-refractivity contribution < 1.29 is 13.9 Å². The summed E-state index contributed by atoms with van der Waals surface area (Å²) >= 11 is 6.38. The maximum absolute atomic E-state index is 13.0. The highest BCUT2D eigenvalue weighted by molar-refractivity contribution is 6.34. The van der Waals surface area contributed by atoms with E-state index in [1.807, 2.05) is 40.9 Å². The van der Waals surface area contributed by atoms with Crippen LogP contribution < -0.4 is 4.74 Å². The van der Waals surface area contributed by atoms with Gasteiger partial charge in [-0.05, 0) is 42.5 Å². The van der Waals surface area contributed by atoms with Crippen LogP contribution in [0.25, 0.3) is 10.9 Å². The van der Waals surface area contributed by atoms with Crippen LogP contribution in [0.1, 0.15) is 23.2 Å². The molecule has 1 aliphatic heterocycles. The zero-order valence-corrected chi connectivity index (χ0v) is 15.7. The Hall–Kier alpha value is -2.53. The zero-order chi connectivity index (χ0) is 19.0. The summed E-state index contributed by atoms with van der Waals surface area (Å²) in [4.78, 5) is 14.7. The first-order valence-electron chi connectivity index (χ1n) is 8.97. The molecule has 6 heteroatoms. The minimum Gasteiger partial charge on any atom is -0.490 e. The Labute approximate surface area is 162 Å². The van der Waals surface area contributed by atoms with E-state index in [4.69, 9.17) is 16.3 Å². The minimum absolute atomic E-state index is 0.0200. The number of nitrogens with zero attached hydrogens (tertiary/aromatic N) is 2. The van der Waals surface area contributed by atoms with Gasteiger partial charge in [-0.3, -0.25) is 4.79 Å². The van der Waals surface area contributed by atoms with Crippen LogP contribution in [0.4, 0.5) is 4.39 Å². The number of hydrogen-bond acceptors (Lipinski definition) is 2. The largest absolute Gasteiger partial charge is 0.490 e. The molecule has 0 unspecified atom stereocenters. The van der Waals surface area contributed by atoms with Gasteiger partial charge >= 0.3 is 0 Å². The van der Waals surface area contributed by atoms with Crippen LogP contribution in [0.5, 0.6) is 5.75 Å². The Balaban J connectivity index is 1.42. The quantitative estimate of drug-likeness (QED) is 0.656. The van der Waals surface area contributed by atoms with Gasteiger partial charge in [0.15, 0.2) is 0 Å². The second-order valence-electron chi connectivity index (χ2n) is 6.88. The fourth-order valence-corrected chi connectivity index (χ4v) is 3.75. The number of piperidine rings is 1. The van der Waals surface area contributed by atoms with Gasteiger partial charge in [0.05, 0.1) is 10.6 Å². The first-order chi connectivity index (χ1) is 13.0. The van der Waals surface area contributed by atoms with Crippen molar-refractivity contribution in [2.75, 3.05) is 13.1 Å². The van der Waals surface area contributed by atoms with E-state index >= 15 is 0 Å². The van der Waals surface area contributed by atoms with Gasteiger partial charge in [-0.15, -0.1) is 0 Å². The third-order valence-corrected chi connectivity index (χ3v) is 5.36. The summed E-state index contributed by atoms with van der Waals surface area (Å²) in [7, 11) is 1.95. The van der Waals surface area contributed by atoms with Crippen molar-refractivity contribution >= 4 is 28.4 Å². The second kappa shape index (κ2) is 7.24. The molecule has 27 heavy (non-hydrogen) atoms. The van der Waals surface area contributed by atoms with Gasteiger partial charge in [0.2, 0.25) is 0 Å². The number of carbonyl (C=O) groups excluding carboxylic acids is 1. The third kappa shape index (κ3) is 3.65. The number of ether oxygens (including phenoxy) is 1. The van der Waals surface area contributed by atoms with Crippen LogP contribution in [0.15, 0.2) is 48.7 Å². The van der Waals surface area contributed by atoms with Crippen molar-refractivity contribution in [3.63, 3.8) is 0 Å². The van der Waals surface area contributed by atoms with Crippen molar-refractivity contribution in [3.05, 3.63) is 65.1 Å². The van der Waals surface area contributed by atoms with Gasteiger partial charge in [0.25, 0.3) is 5.91 Å². The van der Waals surface area contributed by atoms with Gasteiger partial charge in [0, 0.05) is 50.1 Å². The normalized spacial score (nSPS) is 15.3. The highest BCUT2D eigenvalue weighted by Gasteiger charge is 2.26. The van der Waals surface area contributed by atoms with E-state index < -0.39 is 0 Å². The lowest BCUT2D eigenvalue weighted by Crippen LogP contribution is -2.41. The van der Waals surface area contributed by atoms with Crippen molar-refractivity contribution in [3.8, 4) is 5.75 Å². The molecule has 0 atom stereocenters. The lowest BCUT2D eigenvalue weighted by molar-refractivity contribution is 0.0595. The molecule has 4 nitrogen and oxygen atoms in total. The molecule has 1 aliphatic rings. The van der Waals surface area contributed by atoms with E-state index in [-0.39, 0.29) is 17.8 Å². The Kier molecular flexibility index (Phi) is 4.79. The van der Waals surface area contributed by atoms with E-state index in [9.17, 15) is 9.18 Å². The van der Waals surface area contributed by atoms with Crippen LogP contribution in [-0.4, -0.2) is 34.6 Å². The molecule has 3 aromatic rings. The maximum Gasteiger partial charge on any atom is 0.255 e. The lowest BCUT2D eigenvalue weighted by Gasteiger charge is -2.32. The highest BCUT2D eigenvalue weighted by Crippen LogP contribution is 2.27. The smallest absolute Gasteiger partial charge is 0.255 e. The molecule has 1 amide bonds. The number of likely N-dealkylation sites (tertiary alicyclic amines) is 1. The van der Waals surface area contributed by atoms with Crippen molar-refractivity contribution in [2.24, 2.45) is 7.05 Å². The minimum atomic E-state index is -0.282. The van der Waals surface area contributed by atoms with Gasteiger partial charge in [-0.25, -0.2) is 4.39 Å². The first-order valence-corrected chi connectivity index (χ1v) is 9.35. The van der Waals surface area contributed by atoms with Crippen molar-refractivity contribution in [2.45, 2.75) is 18.9 Å². The summed E-state index contributed by atoms with van der Waals surface area (Å²) < 4.78 is 20.9. The topological polar surface area (TPSA) is 34.5 Å². The first kappa shape index (κ1) is 17.9. The lowest BCUT2D eigenvalue weighted by atomic mass is 10.1. The average Bonchev–Trinajstić information content (AvgIpc) is 3.03. The van der Waals surface area contributed by atoms with Crippen LogP contribution in [-0.2, 0) is 7.05 Å². The predicted octanol–water partition coefficient (Wildman–Crippen LogP) is 4.65. The van der Waals surface area contributed by atoms with Crippen molar-refractivity contribution in [1.29, 1.82) is 0 Å². The monoisotopic (exact) mass is 386 g/mol. The van der Waals surface area contributed by atoms with Gasteiger partial charge in [-0.1, -0.05) is 11.6 Å². The Morgan fingerprint density at radius 2 is 1.85 bits per heavy atom. The number of amides is 1. The number of aromatic nitrogens is 1. The van der Waals surface area contributed by atoms with E-state index in [2.05, 4.69) is 0 Å². The Bertz CT molecular complexity index is 976. The predicted molar refractivity (Wildman–Crippen MR) is 104 cm³/mol. The summed E-state index contributed by atoms with van der Waals surface area (Å²) in [6.45, 7) is 1.21. The van der Waals surface area contributed by atoms with Crippen LogP contribution >= 0.6 is 11.6 Å². The van der Waals surface area contributed by atoms with E-state index in [1.54, 1.807) is 12.1 Å². The molecule has 0 saturated carbocycles. The summed E-state index contributed by atoms with van der Waals surface area (Å²) in [5.41, 5.74) is 1.54. The summed E-state index contributed by atoms with van der Waals surface area (Å²) in [5, 5.41) is 1.47. The molecule has 0 N–H and O–H groups in total. The number of hydrogen-bond donors (Lipinski definition) is 0. The standard InChI is InChI=1S/C21H20ClFN2O2/c1-24-9-6-14-12-18(19(22)13-20(14)24)21(26)25-10-7-17(8-11-25)27-16-4-2-15(23)3-5-16/h2-6,9,12-13,17H,7-8,10-11H2,1H3. The third-order valence-electron chi connectivity index (χ3n) is 5.05. The fraction of sp³-hybridized carbons (Fsp3) is 0.286. The molecular weight excluding hydrogens is 367 g/mol. The fourth-order valence-electron chi connectivity index (χ4n) is 3.51. The molecule has 0 spiro atoms. The SMILES string of the molecule is Cn1ccc2cc(C(=O)N3CCC(Oc4ccc(F)cc4)CC3)c(Cl)cc21. The molecule has 2 aromatic carbocycles. The Morgan fingerprint density at radius 1 is 1.15 bits per heavy atom. The number of rotatable bonds is 3. The van der Waals surface area contributed by atoms with Crippen molar-refractivity contribution in [1.82, 2.24) is 9.47 Å². The molecular formula is C21H20ClFN2O2. The second-order valence-corrected chi connectivity index (χ2v) is 7.29. The van der Waals surface area contributed by atoms with Crippen LogP contribution in [0, 0.1) is 5.82 Å². The van der Waals surface area contributed by atoms with E-state index in [1.165, 1.54) is 12.1 Å². The summed E-state index contributed by atoms with van der Waals surface area (Å²) in [6, 6.07) is 11.7. The number of aryl methyl sites for hydroxylation is 1. The van der Waals surface area contributed by atoms with Crippen LogP contribution in [0.2, 0.25) is 5.02 Å².